The van der Waals surface area contributed by atoms with E-state index in [-0.39, 0.29) is 5.91 Å². The number of nitrogens with one attached hydrogen (secondary N) is 2. The number of aryl methyl sites for hydroxylation is 1. The van der Waals surface area contributed by atoms with Gasteiger partial charge in [0, 0.05) is 30.7 Å². The minimum Gasteiger partial charge on any atom is -0.302 e. The highest BCUT2D eigenvalue weighted by atomic mass is 32.1. The van der Waals surface area contributed by atoms with Gasteiger partial charge in [0.2, 0.25) is 5.91 Å². The fourth-order valence-corrected chi connectivity index (χ4v) is 3.35. The minimum absolute atomic E-state index is 0.0657. The number of thiazole rings is 1. The predicted molar refractivity (Wildman–Crippen MR) is 104 cm³/mol. The second-order valence-electron chi connectivity index (χ2n) is 5.57. The number of allylic oxidation sites excluding steroid dienone is 1. The number of H-pyrrole nitrogens is 1. The lowest BCUT2D eigenvalue weighted by atomic mass is 10.1. The Labute approximate surface area is 159 Å². The first kappa shape index (κ1) is 18.2. The molecular formula is C17H18N6OS2. The van der Waals surface area contributed by atoms with Crippen LogP contribution in [-0.4, -0.2) is 30.6 Å². The molecule has 0 atom stereocenters. The van der Waals surface area contributed by atoms with Crippen LogP contribution < -0.4 is 5.32 Å². The Bertz CT molecular complexity index is 944. The van der Waals surface area contributed by atoms with Gasteiger partial charge in [0.05, 0.1) is 12.1 Å². The van der Waals surface area contributed by atoms with E-state index in [0.29, 0.717) is 35.7 Å². The standard InChI is InChI=1S/C17H18N6OS2/c1-2-8-23-14(21-22-17(23)25)9-13-11-26-16(19-13)20-15(24)6-5-12-4-3-7-18-10-12/h2-4,7,10-11H,1,5-6,8-9H2,(H,22,25)(H,19,20,24). The Hall–Kier alpha value is -2.65. The first-order chi connectivity index (χ1) is 12.7. The monoisotopic (exact) mass is 386 g/mol. The molecule has 1 amide bonds. The van der Waals surface area contributed by atoms with Crippen molar-refractivity contribution >= 4 is 34.6 Å². The zero-order valence-corrected chi connectivity index (χ0v) is 15.6. The average molecular weight is 387 g/mol. The van der Waals surface area contributed by atoms with Gasteiger partial charge in [0.1, 0.15) is 5.82 Å². The highest BCUT2D eigenvalue weighted by Gasteiger charge is 2.11. The summed E-state index contributed by atoms with van der Waals surface area (Å²) in [6.45, 7) is 4.32. The molecule has 0 aliphatic rings. The Morgan fingerprint density at radius 2 is 2.38 bits per heavy atom. The van der Waals surface area contributed by atoms with Gasteiger partial charge in [-0.15, -0.1) is 17.9 Å². The van der Waals surface area contributed by atoms with Crippen molar-refractivity contribution in [2.24, 2.45) is 0 Å². The number of pyridine rings is 1. The van der Waals surface area contributed by atoms with Crippen LogP contribution in [0.2, 0.25) is 0 Å². The summed E-state index contributed by atoms with van der Waals surface area (Å²) in [6.07, 6.45) is 6.82. The number of hydrogen-bond acceptors (Lipinski definition) is 6. The van der Waals surface area contributed by atoms with E-state index < -0.39 is 0 Å². The number of aromatic amines is 1. The second-order valence-corrected chi connectivity index (χ2v) is 6.82. The molecule has 0 unspecified atom stereocenters. The summed E-state index contributed by atoms with van der Waals surface area (Å²) in [5.74, 6) is 0.721. The van der Waals surface area contributed by atoms with E-state index in [0.717, 1.165) is 17.1 Å². The molecule has 0 bridgehead atoms. The summed E-state index contributed by atoms with van der Waals surface area (Å²) in [5, 5.41) is 12.3. The molecule has 3 heterocycles. The van der Waals surface area contributed by atoms with E-state index in [9.17, 15) is 4.79 Å². The lowest BCUT2D eigenvalue weighted by molar-refractivity contribution is -0.116. The predicted octanol–water partition coefficient (Wildman–Crippen LogP) is 3.14. The van der Waals surface area contributed by atoms with Crippen molar-refractivity contribution < 1.29 is 4.79 Å². The van der Waals surface area contributed by atoms with Crippen molar-refractivity contribution in [3.63, 3.8) is 0 Å². The molecule has 134 valence electrons. The molecule has 0 aliphatic heterocycles. The van der Waals surface area contributed by atoms with E-state index in [1.54, 1.807) is 18.5 Å². The zero-order valence-electron chi connectivity index (χ0n) is 14.0. The molecular weight excluding hydrogens is 368 g/mol. The third-order valence-corrected chi connectivity index (χ3v) is 4.77. The molecule has 0 fully saturated rings. The van der Waals surface area contributed by atoms with Crippen LogP contribution in [0.1, 0.15) is 23.5 Å². The quantitative estimate of drug-likeness (QED) is 0.459. The van der Waals surface area contributed by atoms with E-state index in [2.05, 4.69) is 32.1 Å². The van der Waals surface area contributed by atoms with Crippen molar-refractivity contribution in [3.8, 4) is 0 Å². The van der Waals surface area contributed by atoms with Crippen LogP contribution in [0.5, 0.6) is 0 Å². The van der Waals surface area contributed by atoms with E-state index in [4.69, 9.17) is 12.2 Å². The fraction of sp³-hybridized carbons (Fsp3) is 0.235. The molecule has 0 saturated heterocycles. The Morgan fingerprint density at radius 3 is 3.15 bits per heavy atom. The second kappa shape index (κ2) is 8.63. The van der Waals surface area contributed by atoms with Crippen molar-refractivity contribution in [1.29, 1.82) is 0 Å². The van der Waals surface area contributed by atoms with E-state index >= 15 is 0 Å². The molecule has 26 heavy (non-hydrogen) atoms. The molecule has 0 aromatic carbocycles. The van der Waals surface area contributed by atoms with Crippen LogP contribution in [0, 0.1) is 4.77 Å². The summed E-state index contributed by atoms with van der Waals surface area (Å²) in [6, 6.07) is 3.82. The Kier molecular flexibility index (Phi) is 6.03. The van der Waals surface area contributed by atoms with Crippen molar-refractivity contribution in [2.45, 2.75) is 25.8 Å². The third kappa shape index (κ3) is 4.70. The van der Waals surface area contributed by atoms with Gasteiger partial charge in [-0.3, -0.25) is 19.4 Å². The molecule has 0 saturated carbocycles. The first-order valence-electron chi connectivity index (χ1n) is 8.04. The number of amides is 1. The largest absolute Gasteiger partial charge is 0.302 e. The van der Waals surface area contributed by atoms with Crippen LogP contribution in [0.25, 0.3) is 0 Å². The molecule has 3 rings (SSSR count). The van der Waals surface area contributed by atoms with Gasteiger partial charge < -0.3 is 5.32 Å². The maximum atomic E-state index is 12.1. The number of hydrogen-bond donors (Lipinski definition) is 2. The molecule has 0 radical (unpaired) electrons. The molecule has 3 aromatic rings. The molecule has 7 nitrogen and oxygen atoms in total. The molecule has 9 heteroatoms. The minimum atomic E-state index is -0.0657. The Morgan fingerprint density at radius 1 is 1.50 bits per heavy atom. The highest BCUT2D eigenvalue weighted by Crippen LogP contribution is 2.18. The summed E-state index contributed by atoms with van der Waals surface area (Å²) < 4.78 is 2.42. The smallest absolute Gasteiger partial charge is 0.226 e. The van der Waals surface area contributed by atoms with Gasteiger partial charge in [-0.1, -0.05) is 12.1 Å². The number of carbonyl (C=O) groups is 1. The van der Waals surface area contributed by atoms with Crippen LogP contribution >= 0.6 is 23.6 Å². The van der Waals surface area contributed by atoms with E-state index in [1.165, 1.54) is 11.3 Å². The topological polar surface area (TPSA) is 88.5 Å². The first-order valence-corrected chi connectivity index (χ1v) is 9.32. The number of nitrogens with zero attached hydrogens (tertiary/aromatic N) is 4. The number of rotatable bonds is 8. The van der Waals surface area contributed by atoms with Gasteiger partial charge in [0.25, 0.3) is 0 Å². The van der Waals surface area contributed by atoms with Crippen LogP contribution in [0.15, 0.2) is 42.6 Å². The summed E-state index contributed by atoms with van der Waals surface area (Å²) in [7, 11) is 0. The van der Waals surface area contributed by atoms with Gasteiger partial charge in [0.15, 0.2) is 9.90 Å². The molecule has 3 aromatic heterocycles. The lowest BCUT2D eigenvalue weighted by Gasteiger charge is -2.02. The van der Waals surface area contributed by atoms with Gasteiger partial charge in [-0.05, 0) is 30.3 Å². The maximum Gasteiger partial charge on any atom is 0.226 e. The lowest BCUT2D eigenvalue weighted by Crippen LogP contribution is -2.12. The number of aromatic nitrogens is 5. The van der Waals surface area contributed by atoms with Crippen LogP contribution in [0.3, 0.4) is 0 Å². The number of anilines is 1. The van der Waals surface area contributed by atoms with Crippen LogP contribution in [0.4, 0.5) is 5.13 Å². The van der Waals surface area contributed by atoms with Gasteiger partial charge in [-0.2, -0.15) is 5.10 Å². The fourth-order valence-electron chi connectivity index (χ4n) is 2.40. The highest BCUT2D eigenvalue weighted by molar-refractivity contribution is 7.71. The number of carbonyl (C=O) groups excluding carboxylic acids is 1. The SMILES string of the molecule is C=CCn1c(Cc2csc(NC(=O)CCc3cccnc3)n2)n[nH]c1=S. The zero-order chi connectivity index (χ0) is 18.4. The molecule has 0 aliphatic carbocycles. The summed E-state index contributed by atoms with van der Waals surface area (Å²) >= 11 is 6.60. The van der Waals surface area contributed by atoms with Crippen molar-refractivity contribution in [2.75, 3.05) is 5.32 Å². The summed E-state index contributed by atoms with van der Waals surface area (Å²) in [4.78, 5) is 20.6. The Balaban J connectivity index is 1.57. The van der Waals surface area contributed by atoms with Crippen molar-refractivity contribution in [1.82, 2.24) is 24.7 Å². The average Bonchev–Trinajstić information content (AvgIpc) is 3.22. The van der Waals surface area contributed by atoms with Gasteiger partial charge in [-0.25, -0.2) is 4.98 Å². The van der Waals surface area contributed by atoms with E-state index in [1.807, 2.05) is 22.1 Å². The maximum absolute atomic E-state index is 12.1. The summed E-state index contributed by atoms with van der Waals surface area (Å²) in [5.41, 5.74) is 1.87. The normalized spacial score (nSPS) is 10.6. The molecule has 0 spiro atoms. The molecule has 2 N–H and O–H groups in total. The van der Waals surface area contributed by atoms with Crippen molar-refractivity contribution in [3.05, 3.63) is 64.4 Å². The van der Waals surface area contributed by atoms with Gasteiger partial charge >= 0.3 is 0 Å². The van der Waals surface area contributed by atoms with Crippen LogP contribution in [-0.2, 0) is 24.2 Å². The third-order valence-electron chi connectivity index (χ3n) is 3.65.